The van der Waals surface area contributed by atoms with Crippen LogP contribution in [0, 0.1) is 0 Å². The average molecular weight is 142 g/mol. The molecule has 0 aliphatic carbocycles. The highest BCUT2D eigenvalue weighted by Crippen LogP contribution is 2.21. The van der Waals surface area contributed by atoms with Gasteiger partial charge in [0.1, 0.15) is 0 Å². The molecular weight excluding hydrogens is 136 g/mol. The molecule has 1 heterocycles. The SMILES string of the molecule is COc1oc(=O)ccc1O. The third-order valence-electron chi connectivity index (χ3n) is 0.965. The summed E-state index contributed by atoms with van der Waals surface area (Å²) in [5.74, 6) is -0.338. The summed E-state index contributed by atoms with van der Waals surface area (Å²) >= 11 is 0. The van der Waals surface area contributed by atoms with E-state index < -0.39 is 5.63 Å². The minimum absolute atomic E-state index is 0.160. The quantitative estimate of drug-likeness (QED) is 0.614. The first-order chi connectivity index (χ1) is 4.74. The molecule has 1 N–H and O–H groups in total. The summed E-state index contributed by atoms with van der Waals surface area (Å²) in [6.45, 7) is 0. The lowest BCUT2D eigenvalue weighted by molar-refractivity contribution is 0.262. The highest BCUT2D eigenvalue weighted by atomic mass is 16.6. The van der Waals surface area contributed by atoms with E-state index in [1.165, 1.54) is 13.2 Å². The summed E-state index contributed by atoms with van der Waals surface area (Å²) in [6, 6.07) is 2.32. The van der Waals surface area contributed by atoms with Gasteiger partial charge in [-0.05, 0) is 6.07 Å². The average Bonchev–Trinajstić information content (AvgIpc) is 1.94. The predicted molar refractivity (Wildman–Crippen MR) is 33.2 cm³/mol. The number of ether oxygens (including phenoxy) is 1. The van der Waals surface area contributed by atoms with Crippen LogP contribution in [0.25, 0.3) is 0 Å². The highest BCUT2D eigenvalue weighted by molar-refractivity contribution is 5.27. The summed E-state index contributed by atoms with van der Waals surface area (Å²) in [7, 11) is 1.30. The lowest BCUT2D eigenvalue weighted by Crippen LogP contribution is -1.96. The molecule has 10 heavy (non-hydrogen) atoms. The van der Waals surface area contributed by atoms with Crippen LogP contribution in [-0.2, 0) is 0 Å². The maximum absolute atomic E-state index is 10.4. The molecule has 1 aromatic rings. The van der Waals surface area contributed by atoms with Crippen LogP contribution in [0.2, 0.25) is 0 Å². The molecule has 0 aromatic carbocycles. The van der Waals surface area contributed by atoms with E-state index in [0.29, 0.717) is 0 Å². The summed E-state index contributed by atoms with van der Waals surface area (Å²) in [5, 5.41) is 8.88. The van der Waals surface area contributed by atoms with Crippen LogP contribution in [0.4, 0.5) is 0 Å². The van der Waals surface area contributed by atoms with Crippen LogP contribution in [0.3, 0.4) is 0 Å². The van der Waals surface area contributed by atoms with E-state index in [1.807, 2.05) is 0 Å². The fraction of sp³-hybridized carbons (Fsp3) is 0.167. The standard InChI is InChI=1S/C6H6O4/c1-9-6-4(7)2-3-5(8)10-6/h2-3,7H,1H3. The Bertz CT molecular complexity index is 275. The predicted octanol–water partition coefficient (Wildman–Crippen LogP) is 0.354. The third kappa shape index (κ3) is 1.10. The molecule has 1 rings (SSSR count). The van der Waals surface area contributed by atoms with Crippen molar-refractivity contribution in [1.82, 2.24) is 0 Å². The number of methoxy groups -OCH3 is 1. The first kappa shape index (κ1) is 6.67. The van der Waals surface area contributed by atoms with Crippen molar-refractivity contribution in [2.45, 2.75) is 0 Å². The zero-order valence-electron chi connectivity index (χ0n) is 5.33. The second kappa shape index (κ2) is 2.43. The van der Waals surface area contributed by atoms with Crippen molar-refractivity contribution in [2.75, 3.05) is 7.11 Å². The summed E-state index contributed by atoms with van der Waals surface area (Å²) in [6.07, 6.45) is 0. The van der Waals surface area contributed by atoms with E-state index in [4.69, 9.17) is 5.11 Å². The van der Waals surface area contributed by atoms with Crippen molar-refractivity contribution < 1.29 is 14.3 Å². The van der Waals surface area contributed by atoms with Gasteiger partial charge in [-0.1, -0.05) is 0 Å². The molecule has 0 radical (unpaired) electrons. The van der Waals surface area contributed by atoms with Gasteiger partial charge in [0.25, 0.3) is 0 Å². The first-order valence-corrected chi connectivity index (χ1v) is 2.61. The van der Waals surface area contributed by atoms with Gasteiger partial charge in [-0.25, -0.2) is 4.79 Å². The van der Waals surface area contributed by atoms with E-state index in [-0.39, 0.29) is 11.7 Å². The minimum Gasteiger partial charge on any atom is -0.502 e. The second-order valence-corrected chi connectivity index (χ2v) is 1.63. The van der Waals surface area contributed by atoms with Gasteiger partial charge in [0.05, 0.1) is 7.11 Å². The molecule has 0 fully saturated rings. The van der Waals surface area contributed by atoms with E-state index in [2.05, 4.69) is 9.15 Å². The molecule has 4 heteroatoms. The zero-order chi connectivity index (χ0) is 7.56. The molecule has 4 nitrogen and oxygen atoms in total. The van der Waals surface area contributed by atoms with Crippen molar-refractivity contribution in [2.24, 2.45) is 0 Å². The molecule has 0 bridgehead atoms. The molecule has 0 amide bonds. The van der Waals surface area contributed by atoms with Gasteiger partial charge in [-0.2, -0.15) is 0 Å². The Labute approximate surface area is 56.7 Å². The largest absolute Gasteiger partial charge is 0.502 e. The Kier molecular flexibility index (Phi) is 1.62. The van der Waals surface area contributed by atoms with Crippen LogP contribution in [-0.4, -0.2) is 12.2 Å². The number of rotatable bonds is 1. The van der Waals surface area contributed by atoms with Gasteiger partial charge in [0.2, 0.25) is 0 Å². The molecule has 0 saturated carbocycles. The Morgan fingerprint density at radius 3 is 2.80 bits per heavy atom. The Morgan fingerprint density at radius 2 is 2.30 bits per heavy atom. The molecule has 0 aliphatic rings. The monoisotopic (exact) mass is 142 g/mol. The minimum atomic E-state index is -0.547. The summed E-state index contributed by atoms with van der Waals surface area (Å²) < 4.78 is 8.94. The van der Waals surface area contributed by atoms with Crippen molar-refractivity contribution in [3.8, 4) is 11.7 Å². The first-order valence-electron chi connectivity index (χ1n) is 2.61. The van der Waals surface area contributed by atoms with Crippen molar-refractivity contribution in [3.63, 3.8) is 0 Å². The number of hydrogen-bond acceptors (Lipinski definition) is 4. The van der Waals surface area contributed by atoms with E-state index in [1.54, 1.807) is 0 Å². The van der Waals surface area contributed by atoms with Crippen LogP contribution < -0.4 is 10.4 Å². The Morgan fingerprint density at radius 1 is 1.60 bits per heavy atom. The lowest BCUT2D eigenvalue weighted by atomic mass is 10.5. The molecule has 0 unspecified atom stereocenters. The molecule has 0 spiro atoms. The molecular formula is C6H6O4. The number of hydrogen-bond donors (Lipinski definition) is 1. The van der Waals surface area contributed by atoms with E-state index >= 15 is 0 Å². The maximum atomic E-state index is 10.4. The van der Waals surface area contributed by atoms with Crippen molar-refractivity contribution in [1.29, 1.82) is 0 Å². The zero-order valence-corrected chi connectivity index (χ0v) is 5.33. The Hall–Kier alpha value is -1.45. The molecule has 0 atom stereocenters. The van der Waals surface area contributed by atoms with Gasteiger partial charge in [-0.15, -0.1) is 0 Å². The van der Waals surface area contributed by atoms with Crippen molar-refractivity contribution >= 4 is 0 Å². The normalized spacial score (nSPS) is 9.30. The smallest absolute Gasteiger partial charge is 0.338 e. The lowest BCUT2D eigenvalue weighted by Gasteiger charge is -1.96. The maximum Gasteiger partial charge on any atom is 0.338 e. The number of aromatic hydroxyl groups is 1. The van der Waals surface area contributed by atoms with Gasteiger partial charge >= 0.3 is 11.6 Å². The molecule has 0 aliphatic heterocycles. The fourth-order valence-corrected chi connectivity index (χ4v) is 0.539. The van der Waals surface area contributed by atoms with Crippen LogP contribution >= 0.6 is 0 Å². The van der Waals surface area contributed by atoms with E-state index in [9.17, 15) is 4.79 Å². The van der Waals surface area contributed by atoms with Gasteiger partial charge < -0.3 is 14.3 Å². The molecule has 54 valence electrons. The van der Waals surface area contributed by atoms with E-state index in [0.717, 1.165) is 6.07 Å². The second-order valence-electron chi connectivity index (χ2n) is 1.63. The van der Waals surface area contributed by atoms with Gasteiger partial charge in [-0.3, -0.25) is 0 Å². The van der Waals surface area contributed by atoms with Crippen molar-refractivity contribution in [3.05, 3.63) is 22.6 Å². The van der Waals surface area contributed by atoms with Crippen LogP contribution in [0.1, 0.15) is 0 Å². The van der Waals surface area contributed by atoms with Gasteiger partial charge in [0.15, 0.2) is 5.75 Å². The summed E-state index contributed by atoms with van der Waals surface area (Å²) in [5.41, 5.74) is -0.547. The summed E-state index contributed by atoms with van der Waals surface area (Å²) in [4.78, 5) is 10.4. The highest BCUT2D eigenvalue weighted by Gasteiger charge is 2.01. The fourth-order valence-electron chi connectivity index (χ4n) is 0.539. The van der Waals surface area contributed by atoms with Crippen LogP contribution in [0.5, 0.6) is 11.7 Å². The van der Waals surface area contributed by atoms with Crippen LogP contribution in [0.15, 0.2) is 21.3 Å². The topological polar surface area (TPSA) is 59.7 Å². The molecule has 0 saturated heterocycles. The third-order valence-corrected chi connectivity index (χ3v) is 0.965. The van der Waals surface area contributed by atoms with Gasteiger partial charge in [0, 0.05) is 6.07 Å². The Balaban J connectivity index is 3.22. The molecule has 1 aromatic heterocycles.